The van der Waals surface area contributed by atoms with Crippen molar-refractivity contribution in [2.45, 2.75) is 45.6 Å². The highest BCUT2D eigenvalue weighted by Crippen LogP contribution is 2.33. The zero-order valence-electron chi connectivity index (χ0n) is 19.0. The van der Waals surface area contributed by atoms with E-state index in [2.05, 4.69) is 15.2 Å². The minimum Gasteiger partial charge on any atom is -0.497 e. The number of aromatic amines is 1. The SMILES string of the molecule is COc1cccc(C(CNC(=O)c2cc3c([nH]c2=O)CC(C)(C)CC3=O)N2CCCC2)c1. The first kappa shape index (κ1) is 22.3. The Kier molecular flexibility index (Phi) is 6.20. The van der Waals surface area contributed by atoms with Gasteiger partial charge in [-0.25, -0.2) is 0 Å². The third kappa shape index (κ3) is 4.63. The smallest absolute Gasteiger partial charge is 0.261 e. The standard InChI is InChI=1S/C25H31N3O4/c1-25(2)13-20-18(22(29)14-25)12-19(24(31)27-20)23(30)26-15-21(28-9-4-5-10-28)16-7-6-8-17(11-16)32-3/h6-8,11-12,21H,4-5,9-10,13-15H2,1-3H3,(H,26,30)(H,27,31). The fraction of sp³-hybridized carbons (Fsp3) is 0.480. The normalized spacial score (nSPS) is 18.8. The lowest BCUT2D eigenvalue weighted by Crippen LogP contribution is -2.39. The van der Waals surface area contributed by atoms with E-state index in [-0.39, 0.29) is 22.8 Å². The van der Waals surface area contributed by atoms with Gasteiger partial charge in [0, 0.05) is 24.2 Å². The van der Waals surface area contributed by atoms with Gasteiger partial charge in [0.05, 0.1) is 13.2 Å². The van der Waals surface area contributed by atoms with Crippen molar-refractivity contribution in [1.82, 2.24) is 15.2 Å². The van der Waals surface area contributed by atoms with Crippen LogP contribution in [0.4, 0.5) is 0 Å². The molecule has 1 aliphatic heterocycles. The maximum absolute atomic E-state index is 13.0. The molecule has 1 amide bonds. The molecular weight excluding hydrogens is 406 g/mol. The number of ether oxygens (including phenoxy) is 1. The van der Waals surface area contributed by atoms with Gasteiger partial charge >= 0.3 is 0 Å². The number of Topliss-reactive ketones (excluding diaryl/α,β-unsaturated/α-hetero) is 1. The summed E-state index contributed by atoms with van der Waals surface area (Å²) in [4.78, 5) is 43.4. The topological polar surface area (TPSA) is 91.5 Å². The number of methoxy groups -OCH3 is 1. The van der Waals surface area contributed by atoms with E-state index >= 15 is 0 Å². The second-order valence-electron chi connectivity index (χ2n) is 9.59. The van der Waals surface area contributed by atoms with Crippen LogP contribution in [0.25, 0.3) is 0 Å². The van der Waals surface area contributed by atoms with Gasteiger partial charge in [-0.1, -0.05) is 26.0 Å². The minimum atomic E-state index is -0.459. The molecule has 1 aromatic carbocycles. The number of pyridine rings is 1. The van der Waals surface area contributed by atoms with Crippen LogP contribution in [0.15, 0.2) is 35.1 Å². The van der Waals surface area contributed by atoms with Crippen LogP contribution in [0.3, 0.4) is 0 Å². The number of fused-ring (bicyclic) bond motifs is 1. The number of hydrogen-bond acceptors (Lipinski definition) is 5. The highest BCUT2D eigenvalue weighted by atomic mass is 16.5. The zero-order valence-corrected chi connectivity index (χ0v) is 19.0. The molecule has 1 fully saturated rings. The molecule has 32 heavy (non-hydrogen) atoms. The largest absolute Gasteiger partial charge is 0.497 e. The summed E-state index contributed by atoms with van der Waals surface area (Å²) in [6.07, 6.45) is 3.26. The molecule has 1 aliphatic carbocycles. The summed E-state index contributed by atoms with van der Waals surface area (Å²) in [6.45, 7) is 6.29. The molecular formula is C25H31N3O4. The van der Waals surface area contributed by atoms with Crippen molar-refractivity contribution in [2.24, 2.45) is 5.41 Å². The van der Waals surface area contributed by atoms with Gasteiger partial charge in [-0.05, 0) is 61.5 Å². The second kappa shape index (κ2) is 8.90. The lowest BCUT2D eigenvalue weighted by molar-refractivity contribution is 0.0910. The van der Waals surface area contributed by atoms with Crippen LogP contribution in [0, 0.1) is 5.41 Å². The number of nitrogens with zero attached hydrogens (tertiary/aromatic N) is 1. The molecule has 1 atom stereocenters. The Morgan fingerprint density at radius 1 is 1.19 bits per heavy atom. The Morgan fingerprint density at radius 2 is 1.94 bits per heavy atom. The number of amides is 1. The highest BCUT2D eigenvalue weighted by molar-refractivity contribution is 6.02. The number of carbonyl (C=O) groups excluding carboxylic acids is 2. The molecule has 0 radical (unpaired) electrons. The lowest BCUT2D eigenvalue weighted by atomic mass is 9.75. The van der Waals surface area contributed by atoms with Gasteiger partial charge < -0.3 is 15.0 Å². The maximum Gasteiger partial charge on any atom is 0.261 e. The number of aromatic nitrogens is 1. The molecule has 0 bridgehead atoms. The molecule has 170 valence electrons. The van der Waals surface area contributed by atoms with E-state index in [1.165, 1.54) is 6.07 Å². The molecule has 1 unspecified atom stereocenters. The average molecular weight is 438 g/mol. The Hall–Kier alpha value is -2.93. The molecule has 2 aromatic rings. The van der Waals surface area contributed by atoms with Gasteiger partial charge in [0.25, 0.3) is 11.5 Å². The Labute approximate surface area is 188 Å². The number of H-pyrrole nitrogens is 1. The number of likely N-dealkylation sites (tertiary alicyclic amines) is 1. The summed E-state index contributed by atoms with van der Waals surface area (Å²) in [5.41, 5.74) is 1.48. The fourth-order valence-electron chi connectivity index (χ4n) is 4.84. The van der Waals surface area contributed by atoms with Crippen LogP contribution in [0.1, 0.15) is 71.1 Å². The lowest BCUT2D eigenvalue weighted by Gasteiger charge is -2.30. The highest BCUT2D eigenvalue weighted by Gasteiger charge is 2.33. The summed E-state index contributed by atoms with van der Waals surface area (Å²) < 4.78 is 5.37. The molecule has 0 spiro atoms. The van der Waals surface area contributed by atoms with Gasteiger partial charge in [-0.15, -0.1) is 0 Å². The number of benzene rings is 1. The molecule has 2 aliphatic rings. The van der Waals surface area contributed by atoms with E-state index in [1.807, 2.05) is 38.1 Å². The zero-order chi connectivity index (χ0) is 22.9. The molecule has 7 heteroatoms. The van der Waals surface area contributed by atoms with Gasteiger partial charge in [0.1, 0.15) is 11.3 Å². The van der Waals surface area contributed by atoms with Crippen molar-refractivity contribution in [3.8, 4) is 5.75 Å². The van der Waals surface area contributed by atoms with E-state index in [4.69, 9.17) is 4.74 Å². The Balaban J connectivity index is 1.55. The van der Waals surface area contributed by atoms with Crippen molar-refractivity contribution in [2.75, 3.05) is 26.7 Å². The van der Waals surface area contributed by atoms with Crippen LogP contribution in [-0.4, -0.2) is 48.3 Å². The molecule has 7 nitrogen and oxygen atoms in total. The van der Waals surface area contributed by atoms with Crippen molar-refractivity contribution in [3.63, 3.8) is 0 Å². The van der Waals surface area contributed by atoms with Crippen molar-refractivity contribution < 1.29 is 14.3 Å². The van der Waals surface area contributed by atoms with Gasteiger partial charge in [0.15, 0.2) is 5.78 Å². The molecule has 2 N–H and O–H groups in total. The average Bonchev–Trinajstić information content (AvgIpc) is 3.27. The summed E-state index contributed by atoms with van der Waals surface area (Å²) >= 11 is 0. The van der Waals surface area contributed by atoms with Crippen LogP contribution >= 0.6 is 0 Å². The monoisotopic (exact) mass is 437 g/mol. The van der Waals surface area contributed by atoms with Gasteiger partial charge in [-0.2, -0.15) is 0 Å². The van der Waals surface area contributed by atoms with E-state index in [9.17, 15) is 14.4 Å². The van der Waals surface area contributed by atoms with Gasteiger partial charge in [-0.3, -0.25) is 19.3 Å². The third-order valence-electron chi connectivity index (χ3n) is 6.48. The molecule has 1 saturated heterocycles. The Morgan fingerprint density at radius 3 is 2.66 bits per heavy atom. The molecule has 2 heterocycles. The molecule has 0 saturated carbocycles. The van der Waals surface area contributed by atoms with Crippen LogP contribution in [0.2, 0.25) is 0 Å². The van der Waals surface area contributed by atoms with E-state index in [1.54, 1.807) is 7.11 Å². The first-order chi connectivity index (χ1) is 15.3. The summed E-state index contributed by atoms with van der Waals surface area (Å²) in [6, 6.07) is 9.31. The predicted octanol–water partition coefficient (Wildman–Crippen LogP) is 3.11. The quantitative estimate of drug-likeness (QED) is 0.725. The van der Waals surface area contributed by atoms with Crippen LogP contribution < -0.4 is 15.6 Å². The number of hydrogen-bond donors (Lipinski definition) is 2. The minimum absolute atomic E-state index is 0.0115. The number of ketones is 1. The third-order valence-corrected chi connectivity index (χ3v) is 6.48. The van der Waals surface area contributed by atoms with E-state index in [0.29, 0.717) is 30.6 Å². The predicted molar refractivity (Wildman–Crippen MR) is 122 cm³/mol. The van der Waals surface area contributed by atoms with Crippen LogP contribution in [-0.2, 0) is 6.42 Å². The summed E-state index contributed by atoms with van der Waals surface area (Å²) in [7, 11) is 1.64. The number of rotatable bonds is 6. The second-order valence-corrected chi connectivity index (χ2v) is 9.59. The fourth-order valence-corrected chi connectivity index (χ4v) is 4.84. The first-order valence-electron chi connectivity index (χ1n) is 11.2. The van der Waals surface area contributed by atoms with Crippen molar-refractivity contribution in [1.29, 1.82) is 0 Å². The van der Waals surface area contributed by atoms with Crippen molar-refractivity contribution >= 4 is 11.7 Å². The van der Waals surface area contributed by atoms with Crippen LogP contribution in [0.5, 0.6) is 5.75 Å². The van der Waals surface area contributed by atoms with E-state index < -0.39 is 11.5 Å². The van der Waals surface area contributed by atoms with E-state index in [0.717, 1.165) is 37.2 Å². The summed E-state index contributed by atoms with van der Waals surface area (Å²) in [5, 5.41) is 2.94. The summed E-state index contributed by atoms with van der Waals surface area (Å²) in [5.74, 6) is 0.275. The number of carbonyl (C=O) groups is 2. The molecule has 1 aromatic heterocycles. The Bertz CT molecular complexity index is 1080. The van der Waals surface area contributed by atoms with Crippen molar-refractivity contribution in [3.05, 3.63) is 63.1 Å². The molecule has 4 rings (SSSR count). The number of nitrogens with one attached hydrogen (secondary N) is 2. The first-order valence-corrected chi connectivity index (χ1v) is 11.2. The maximum atomic E-state index is 13.0. The van der Waals surface area contributed by atoms with Gasteiger partial charge in [0.2, 0.25) is 0 Å².